The Bertz CT molecular complexity index is 598. The maximum atomic E-state index is 11.8. The molecular weight excluding hydrogens is 190 g/mol. The Morgan fingerprint density at radius 3 is 2.80 bits per heavy atom. The lowest BCUT2D eigenvalue weighted by molar-refractivity contribution is 0.522. The molecule has 0 amide bonds. The number of hydrogen-bond acceptors (Lipinski definition) is 2. The molecule has 1 N–H and O–H groups in total. The summed E-state index contributed by atoms with van der Waals surface area (Å²) in [7, 11) is 0. The molecule has 4 heteroatoms. The Balaban J connectivity index is 2.78. The van der Waals surface area contributed by atoms with Crippen molar-refractivity contribution < 1.29 is 0 Å². The number of nitriles is 1. The third-order valence-corrected chi connectivity index (χ3v) is 2.36. The monoisotopic (exact) mass is 201 g/mol. The van der Waals surface area contributed by atoms with Crippen molar-refractivity contribution in [3.63, 3.8) is 0 Å². The molecule has 76 valence electrons. The van der Waals surface area contributed by atoms with E-state index in [2.05, 4.69) is 5.10 Å². The fourth-order valence-electron chi connectivity index (χ4n) is 1.57. The van der Waals surface area contributed by atoms with Crippen molar-refractivity contribution in [2.75, 3.05) is 0 Å². The number of rotatable bonds is 1. The van der Waals surface area contributed by atoms with Crippen LogP contribution in [0.25, 0.3) is 10.9 Å². The van der Waals surface area contributed by atoms with Crippen molar-refractivity contribution in [3.05, 3.63) is 34.1 Å². The molecule has 0 saturated heterocycles. The minimum absolute atomic E-state index is 0.0375. The Morgan fingerprint density at radius 1 is 1.47 bits per heavy atom. The average Bonchev–Trinajstić information content (AvgIpc) is 2.55. The molecule has 1 aromatic heterocycles. The highest BCUT2D eigenvalue weighted by atomic mass is 16.1. The van der Waals surface area contributed by atoms with Gasteiger partial charge in [0.05, 0.1) is 22.5 Å². The molecule has 0 atom stereocenters. The summed E-state index contributed by atoms with van der Waals surface area (Å²) in [6.07, 6.45) is 0. The predicted octanol–water partition coefficient (Wildman–Crippen LogP) is 1.78. The molecule has 0 saturated carbocycles. The first-order valence-corrected chi connectivity index (χ1v) is 4.78. The van der Waals surface area contributed by atoms with E-state index in [1.54, 1.807) is 22.9 Å². The van der Waals surface area contributed by atoms with Gasteiger partial charge >= 0.3 is 0 Å². The van der Waals surface area contributed by atoms with Gasteiger partial charge in [-0.05, 0) is 32.0 Å². The molecule has 0 fully saturated rings. The standard InChI is InChI=1S/C11H11N3O/c1-7(2)14-11(15)9-4-3-8(6-12)5-10(9)13-14/h3-5,7,13H,1-2H3. The van der Waals surface area contributed by atoms with E-state index in [0.29, 0.717) is 16.5 Å². The SMILES string of the molecule is CC(C)n1[nH]c2cc(C#N)ccc2c1=O. The molecule has 0 spiro atoms. The summed E-state index contributed by atoms with van der Waals surface area (Å²) >= 11 is 0. The molecule has 0 aliphatic heterocycles. The smallest absolute Gasteiger partial charge is 0.274 e. The Kier molecular flexibility index (Phi) is 2.09. The van der Waals surface area contributed by atoms with Crippen LogP contribution in [0.5, 0.6) is 0 Å². The van der Waals surface area contributed by atoms with Gasteiger partial charge < -0.3 is 0 Å². The highest BCUT2D eigenvalue weighted by Crippen LogP contribution is 2.11. The number of aromatic nitrogens is 2. The van der Waals surface area contributed by atoms with Crippen molar-refractivity contribution in [2.45, 2.75) is 19.9 Å². The number of nitrogens with zero attached hydrogens (tertiary/aromatic N) is 2. The molecule has 0 aliphatic rings. The fourth-order valence-corrected chi connectivity index (χ4v) is 1.57. The molecule has 0 unspecified atom stereocenters. The van der Waals surface area contributed by atoms with E-state index in [1.807, 2.05) is 19.9 Å². The van der Waals surface area contributed by atoms with Gasteiger partial charge in [0.1, 0.15) is 0 Å². The van der Waals surface area contributed by atoms with Crippen LogP contribution in [-0.4, -0.2) is 9.78 Å². The van der Waals surface area contributed by atoms with E-state index in [0.717, 1.165) is 0 Å². The molecular formula is C11H11N3O. The van der Waals surface area contributed by atoms with Gasteiger partial charge in [0.15, 0.2) is 0 Å². The summed E-state index contributed by atoms with van der Waals surface area (Å²) in [6, 6.07) is 7.17. The number of H-pyrrole nitrogens is 1. The molecule has 2 rings (SSSR count). The number of hydrogen-bond donors (Lipinski definition) is 1. The molecule has 1 heterocycles. The van der Waals surface area contributed by atoms with Gasteiger partial charge in [-0.1, -0.05) is 0 Å². The molecule has 2 aromatic rings. The van der Waals surface area contributed by atoms with Gasteiger partial charge in [-0.3, -0.25) is 9.89 Å². The molecule has 0 aliphatic carbocycles. The summed E-state index contributed by atoms with van der Waals surface area (Å²) in [5.74, 6) is 0. The quantitative estimate of drug-likeness (QED) is 0.764. The second-order valence-electron chi connectivity index (χ2n) is 3.75. The predicted molar refractivity (Wildman–Crippen MR) is 57.7 cm³/mol. The zero-order valence-electron chi connectivity index (χ0n) is 8.61. The number of benzene rings is 1. The van der Waals surface area contributed by atoms with Crippen molar-refractivity contribution in [1.82, 2.24) is 9.78 Å². The van der Waals surface area contributed by atoms with Gasteiger partial charge in [0.25, 0.3) is 5.56 Å². The maximum absolute atomic E-state index is 11.8. The van der Waals surface area contributed by atoms with Crippen LogP contribution in [0.15, 0.2) is 23.0 Å². The first-order valence-electron chi connectivity index (χ1n) is 4.78. The Hall–Kier alpha value is -2.02. The first-order chi connectivity index (χ1) is 7.13. The minimum atomic E-state index is -0.0375. The maximum Gasteiger partial charge on any atom is 0.274 e. The van der Waals surface area contributed by atoms with Crippen LogP contribution in [0, 0.1) is 11.3 Å². The summed E-state index contributed by atoms with van der Waals surface area (Å²) in [4.78, 5) is 11.8. The fraction of sp³-hybridized carbons (Fsp3) is 0.273. The van der Waals surface area contributed by atoms with E-state index in [4.69, 9.17) is 5.26 Å². The lowest BCUT2D eigenvalue weighted by Gasteiger charge is -2.03. The van der Waals surface area contributed by atoms with Gasteiger partial charge in [0.2, 0.25) is 0 Å². The van der Waals surface area contributed by atoms with Gasteiger partial charge in [0, 0.05) is 6.04 Å². The van der Waals surface area contributed by atoms with E-state index >= 15 is 0 Å². The molecule has 4 nitrogen and oxygen atoms in total. The topological polar surface area (TPSA) is 61.6 Å². The Morgan fingerprint density at radius 2 is 2.20 bits per heavy atom. The van der Waals surface area contributed by atoms with Crippen LogP contribution in [0.4, 0.5) is 0 Å². The molecule has 0 radical (unpaired) electrons. The summed E-state index contributed by atoms with van der Waals surface area (Å²) in [5.41, 5.74) is 1.23. The van der Waals surface area contributed by atoms with E-state index in [1.165, 1.54) is 0 Å². The summed E-state index contributed by atoms with van der Waals surface area (Å²) in [5, 5.41) is 12.4. The van der Waals surface area contributed by atoms with Gasteiger partial charge in [-0.15, -0.1) is 0 Å². The zero-order valence-corrected chi connectivity index (χ0v) is 8.61. The summed E-state index contributed by atoms with van der Waals surface area (Å²) in [6.45, 7) is 3.87. The highest BCUT2D eigenvalue weighted by Gasteiger charge is 2.08. The first kappa shape index (κ1) is 9.53. The lowest BCUT2D eigenvalue weighted by Crippen LogP contribution is -2.18. The zero-order chi connectivity index (χ0) is 11.0. The molecule has 0 bridgehead atoms. The van der Waals surface area contributed by atoms with E-state index < -0.39 is 0 Å². The Labute approximate surface area is 86.7 Å². The molecule has 15 heavy (non-hydrogen) atoms. The van der Waals surface area contributed by atoms with Gasteiger partial charge in [-0.25, -0.2) is 4.68 Å². The van der Waals surface area contributed by atoms with Crippen LogP contribution < -0.4 is 5.56 Å². The third kappa shape index (κ3) is 1.42. The minimum Gasteiger partial charge on any atom is -0.295 e. The summed E-state index contributed by atoms with van der Waals surface area (Å²) < 4.78 is 1.56. The van der Waals surface area contributed by atoms with Crippen molar-refractivity contribution in [2.24, 2.45) is 0 Å². The number of nitrogens with one attached hydrogen (secondary N) is 1. The van der Waals surface area contributed by atoms with E-state index in [-0.39, 0.29) is 11.6 Å². The number of fused-ring (bicyclic) bond motifs is 1. The average molecular weight is 201 g/mol. The van der Waals surface area contributed by atoms with Crippen LogP contribution in [0.2, 0.25) is 0 Å². The largest absolute Gasteiger partial charge is 0.295 e. The highest BCUT2D eigenvalue weighted by molar-refractivity contribution is 5.79. The second-order valence-corrected chi connectivity index (χ2v) is 3.75. The van der Waals surface area contributed by atoms with Crippen LogP contribution >= 0.6 is 0 Å². The second kappa shape index (κ2) is 3.28. The lowest BCUT2D eigenvalue weighted by atomic mass is 10.2. The van der Waals surface area contributed by atoms with Crippen LogP contribution in [-0.2, 0) is 0 Å². The normalized spacial score (nSPS) is 10.8. The number of aromatic amines is 1. The third-order valence-electron chi connectivity index (χ3n) is 2.36. The van der Waals surface area contributed by atoms with Crippen LogP contribution in [0.3, 0.4) is 0 Å². The van der Waals surface area contributed by atoms with Crippen LogP contribution in [0.1, 0.15) is 25.5 Å². The van der Waals surface area contributed by atoms with Crippen molar-refractivity contribution in [3.8, 4) is 6.07 Å². The van der Waals surface area contributed by atoms with Crippen molar-refractivity contribution >= 4 is 10.9 Å². The molecule has 1 aromatic carbocycles. The van der Waals surface area contributed by atoms with E-state index in [9.17, 15) is 4.79 Å². The van der Waals surface area contributed by atoms with Gasteiger partial charge in [-0.2, -0.15) is 5.26 Å². The van der Waals surface area contributed by atoms with Crippen molar-refractivity contribution in [1.29, 1.82) is 5.26 Å².